The van der Waals surface area contributed by atoms with Crippen molar-refractivity contribution in [2.75, 3.05) is 6.54 Å². The molecule has 122 valence electrons. The first kappa shape index (κ1) is 14.5. The third-order valence-electron chi connectivity index (χ3n) is 4.90. The normalized spacial score (nSPS) is 21.3. The maximum absolute atomic E-state index is 12.8. The lowest BCUT2D eigenvalue weighted by molar-refractivity contribution is 0.0693. The smallest absolute Gasteiger partial charge is 0.290 e. The van der Waals surface area contributed by atoms with Crippen LogP contribution in [0.15, 0.2) is 16.5 Å². The Hall–Kier alpha value is -2.11. The standard InChI is InChI=1S/C17H22N4O2/c1-12-8-9-14(23-12)17(22)20-11-5-6-13(20)16-19-18-15-7-3-2-4-10-21(15)16/h8-9,13H,2-7,10-11H2,1H3/t13-/m0/s1. The molecular weight excluding hydrogens is 292 g/mol. The number of furan rings is 1. The van der Waals surface area contributed by atoms with Crippen LogP contribution in [0.4, 0.5) is 0 Å². The van der Waals surface area contributed by atoms with Gasteiger partial charge in [0.2, 0.25) is 0 Å². The molecule has 0 saturated carbocycles. The summed E-state index contributed by atoms with van der Waals surface area (Å²) < 4.78 is 7.77. The Bertz CT molecular complexity index is 718. The first-order valence-electron chi connectivity index (χ1n) is 8.53. The lowest BCUT2D eigenvalue weighted by Gasteiger charge is -2.23. The molecule has 1 fully saturated rings. The molecule has 1 atom stereocenters. The highest BCUT2D eigenvalue weighted by molar-refractivity contribution is 5.92. The van der Waals surface area contributed by atoms with Crippen molar-refractivity contribution in [1.82, 2.24) is 19.7 Å². The van der Waals surface area contributed by atoms with E-state index in [2.05, 4.69) is 14.8 Å². The summed E-state index contributed by atoms with van der Waals surface area (Å²) in [5.41, 5.74) is 0. The number of rotatable bonds is 2. The summed E-state index contributed by atoms with van der Waals surface area (Å²) >= 11 is 0. The summed E-state index contributed by atoms with van der Waals surface area (Å²) in [6.45, 7) is 3.58. The van der Waals surface area contributed by atoms with E-state index in [9.17, 15) is 4.79 Å². The van der Waals surface area contributed by atoms with E-state index >= 15 is 0 Å². The number of carbonyl (C=O) groups is 1. The molecule has 0 aliphatic carbocycles. The number of fused-ring (bicyclic) bond motifs is 1. The molecule has 6 nitrogen and oxygen atoms in total. The van der Waals surface area contributed by atoms with E-state index in [1.54, 1.807) is 6.07 Å². The van der Waals surface area contributed by atoms with Crippen molar-refractivity contribution >= 4 is 5.91 Å². The average molecular weight is 314 g/mol. The third kappa shape index (κ3) is 2.56. The molecule has 4 heterocycles. The largest absolute Gasteiger partial charge is 0.456 e. The maximum atomic E-state index is 12.8. The Kier molecular flexibility index (Phi) is 3.67. The van der Waals surface area contributed by atoms with Gasteiger partial charge in [-0.3, -0.25) is 4.79 Å². The van der Waals surface area contributed by atoms with E-state index in [1.807, 2.05) is 17.9 Å². The molecule has 1 saturated heterocycles. The second-order valence-electron chi connectivity index (χ2n) is 6.50. The number of carbonyl (C=O) groups excluding carboxylic acids is 1. The van der Waals surface area contributed by atoms with Crippen molar-refractivity contribution < 1.29 is 9.21 Å². The first-order chi connectivity index (χ1) is 11.2. The summed E-state index contributed by atoms with van der Waals surface area (Å²) in [6, 6.07) is 3.62. The van der Waals surface area contributed by atoms with Crippen LogP contribution in [0, 0.1) is 6.92 Å². The minimum atomic E-state index is -0.0356. The molecule has 0 radical (unpaired) electrons. The van der Waals surface area contributed by atoms with Gasteiger partial charge in [-0.1, -0.05) is 6.42 Å². The number of nitrogens with zero attached hydrogens (tertiary/aromatic N) is 4. The quantitative estimate of drug-likeness (QED) is 0.855. The molecule has 0 aromatic carbocycles. The van der Waals surface area contributed by atoms with Crippen LogP contribution < -0.4 is 0 Å². The summed E-state index contributed by atoms with van der Waals surface area (Å²) in [5.74, 6) is 3.18. The number of hydrogen-bond donors (Lipinski definition) is 0. The van der Waals surface area contributed by atoms with Gasteiger partial charge in [0.15, 0.2) is 11.6 Å². The molecule has 23 heavy (non-hydrogen) atoms. The summed E-state index contributed by atoms with van der Waals surface area (Å²) in [4.78, 5) is 14.7. The van der Waals surface area contributed by atoms with Crippen molar-refractivity contribution in [2.24, 2.45) is 0 Å². The number of aryl methyl sites for hydroxylation is 2. The van der Waals surface area contributed by atoms with Crippen LogP contribution in [-0.4, -0.2) is 32.1 Å². The van der Waals surface area contributed by atoms with Gasteiger partial charge in [-0.15, -0.1) is 10.2 Å². The molecule has 1 amide bonds. The number of hydrogen-bond acceptors (Lipinski definition) is 4. The van der Waals surface area contributed by atoms with Crippen molar-refractivity contribution in [3.8, 4) is 0 Å². The van der Waals surface area contributed by atoms with Crippen LogP contribution in [0.2, 0.25) is 0 Å². The second-order valence-corrected chi connectivity index (χ2v) is 6.50. The molecule has 4 rings (SSSR count). The molecule has 2 aromatic heterocycles. The van der Waals surface area contributed by atoms with Crippen molar-refractivity contribution in [1.29, 1.82) is 0 Å². The van der Waals surface area contributed by atoms with E-state index in [1.165, 1.54) is 12.8 Å². The minimum absolute atomic E-state index is 0.0206. The van der Waals surface area contributed by atoms with Gasteiger partial charge >= 0.3 is 0 Å². The number of aromatic nitrogens is 3. The van der Waals surface area contributed by atoms with Crippen LogP contribution in [0.1, 0.15) is 66.1 Å². The Morgan fingerprint density at radius 1 is 1.17 bits per heavy atom. The molecule has 0 spiro atoms. The second kappa shape index (κ2) is 5.83. The van der Waals surface area contributed by atoms with Gasteiger partial charge in [0.05, 0.1) is 6.04 Å². The molecule has 0 N–H and O–H groups in total. The molecule has 0 bridgehead atoms. The molecule has 2 aromatic rings. The Morgan fingerprint density at radius 3 is 2.91 bits per heavy atom. The Balaban J connectivity index is 1.63. The lowest BCUT2D eigenvalue weighted by Crippen LogP contribution is -2.32. The fraction of sp³-hybridized carbons (Fsp3) is 0.588. The summed E-state index contributed by atoms with van der Waals surface area (Å²) in [5, 5.41) is 8.82. The predicted octanol–water partition coefficient (Wildman–Crippen LogP) is 2.88. The van der Waals surface area contributed by atoms with E-state index in [4.69, 9.17) is 4.42 Å². The van der Waals surface area contributed by atoms with Crippen molar-refractivity contribution in [3.63, 3.8) is 0 Å². The number of likely N-dealkylation sites (tertiary alicyclic amines) is 1. The van der Waals surface area contributed by atoms with E-state index < -0.39 is 0 Å². The zero-order valence-electron chi connectivity index (χ0n) is 13.5. The third-order valence-corrected chi connectivity index (χ3v) is 4.90. The lowest BCUT2D eigenvalue weighted by atomic mass is 10.2. The summed E-state index contributed by atoms with van der Waals surface area (Å²) in [6.07, 6.45) is 6.52. The topological polar surface area (TPSA) is 64.2 Å². The monoisotopic (exact) mass is 314 g/mol. The molecular formula is C17H22N4O2. The van der Waals surface area contributed by atoms with Gasteiger partial charge < -0.3 is 13.9 Å². The van der Waals surface area contributed by atoms with Gasteiger partial charge in [-0.05, 0) is 44.7 Å². The summed E-state index contributed by atoms with van der Waals surface area (Å²) in [7, 11) is 0. The van der Waals surface area contributed by atoms with Gasteiger partial charge in [-0.2, -0.15) is 0 Å². The van der Waals surface area contributed by atoms with Crippen molar-refractivity contribution in [3.05, 3.63) is 35.3 Å². The molecule has 2 aliphatic rings. The Morgan fingerprint density at radius 2 is 2.09 bits per heavy atom. The van der Waals surface area contributed by atoms with Crippen LogP contribution in [0.3, 0.4) is 0 Å². The predicted molar refractivity (Wildman–Crippen MR) is 84.0 cm³/mol. The van der Waals surface area contributed by atoms with E-state index in [-0.39, 0.29) is 11.9 Å². The highest BCUT2D eigenvalue weighted by Crippen LogP contribution is 2.33. The zero-order valence-corrected chi connectivity index (χ0v) is 13.5. The van der Waals surface area contributed by atoms with Crippen molar-refractivity contribution in [2.45, 2.75) is 58.0 Å². The Labute approximate surface area is 135 Å². The van der Waals surface area contributed by atoms with Gasteiger partial charge in [0.25, 0.3) is 5.91 Å². The van der Waals surface area contributed by atoms with Gasteiger partial charge in [0, 0.05) is 19.5 Å². The number of amides is 1. The molecule has 2 aliphatic heterocycles. The van der Waals surface area contributed by atoms with Crippen LogP contribution in [0.25, 0.3) is 0 Å². The van der Waals surface area contributed by atoms with Crippen LogP contribution in [0.5, 0.6) is 0 Å². The highest BCUT2D eigenvalue weighted by Gasteiger charge is 2.35. The highest BCUT2D eigenvalue weighted by atomic mass is 16.3. The van der Waals surface area contributed by atoms with Gasteiger partial charge in [0.1, 0.15) is 11.6 Å². The van der Waals surface area contributed by atoms with Crippen LogP contribution >= 0.6 is 0 Å². The molecule has 0 unspecified atom stereocenters. The van der Waals surface area contributed by atoms with E-state index in [0.717, 1.165) is 56.2 Å². The molecule has 6 heteroatoms. The SMILES string of the molecule is Cc1ccc(C(=O)N2CCC[C@H]2c2nnc3n2CCCCC3)o1. The zero-order chi connectivity index (χ0) is 15.8. The fourth-order valence-electron chi connectivity index (χ4n) is 3.72. The minimum Gasteiger partial charge on any atom is -0.456 e. The van der Waals surface area contributed by atoms with Crippen LogP contribution in [-0.2, 0) is 13.0 Å². The first-order valence-corrected chi connectivity index (χ1v) is 8.53. The maximum Gasteiger partial charge on any atom is 0.290 e. The average Bonchev–Trinajstić information content (AvgIpc) is 3.23. The fourth-order valence-corrected chi connectivity index (χ4v) is 3.72. The van der Waals surface area contributed by atoms with Gasteiger partial charge in [-0.25, -0.2) is 0 Å². The van der Waals surface area contributed by atoms with E-state index in [0.29, 0.717) is 5.76 Å².